The Morgan fingerprint density at radius 3 is 2.94 bits per heavy atom. The molecule has 1 amide bonds. The van der Waals surface area contributed by atoms with Crippen LogP contribution in [0.15, 0.2) is 10.7 Å². The number of carbonyl (C=O) groups excluding carboxylic acids is 1. The molecule has 1 aromatic heterocycles. The highest BCUT2D eigenvalue weighted by Crippen LogP contribution is 2.53. The molecule has 18 heavy (non-hydrogen) atoms. The molecular weight excluding hydrogens is 228 g/mol. The van der Waals surface area contributed by atoms with Crippen LogP contribution < -0.4 is 5.32 Å². The maximum absolute atomic E-state index is 11.9. The second-order valence-corrected chi connectivity index (χ2v) is 6.60. The number of carbonyl (C=O) groups is 1. The summed E-state index contributed by atoms with van der Waals surface area (Å²) in [5, 5.41) is 6.95. The van der Waals surface area contributed by atoms with E-state index in [1.165, 1.54) is 5.56 Å². The number of rotatable bonds is 0. The van der Waals surface area contributed by atoms with Crippen molar-refractivity contribution in [1.82, 2.24) is 10.5 Å². The third-order valence-corrected chi connectivity index (χ3v) is 4.86. The van der Waals surface area contributed by atoms with Gasteiger partial charge in [-0.15, -0.1) is 0 Å². The van der Waals surface area contributed by atoms with Gasteiger partial charge in [0.2, 0.25) is 5.91 Å². The first-order chi connectivity index (χ1) is 8.43. The number of nitrogens with one attached hydrogen (secondary N) is 1. The van der Waals surface area contributed by atoms with E-state index in [1.807, 2.05) is 6.20 Å². The van der Waals surface area contributed by atoms with Crippen molar-refractivity contribution in [2.45, 2.75) is 45.4 Å². The average molecular weight is 248 g/mol. The van der Waals surface area contributed by atoms with Crippen molar-refractivity contribution >= 4 is 5.91 Å². The molecule has 1 N–H and O–H groups in total. The maximum Gasteiger partial charge on any atom is 0.220 e. The van der Waals surface area contributed by atoms with Crippen LogP contribution in [0.3, 0.4) is 0 Å². The van der Waals surface area contributed by atoms with E-state index in [1.54, 1.807) is 0 Å². The van der Waals surface area contributed by atoms with Gasteiger partial charge in [-0.05, 0) is 24.2 Å². The van der Waals surface area contributed by atoms with Crippen LogP contribution in [0.2, 0.25) is 0 Å². The van der Waals surface area contributed by atoms with Crippen molar-refractivity contribution < 1.29 is 9.32 Å². The van der Waals surface area contributed by atoms with Gasteiger partial charge in [-0.3, -0.25) is 4.79 Å². The zero-order valence-electron chi connectivity index (χ0n) is 11.2. The molecule has 2 unspecified atom stereocenters. The Morgan fingerprint density at radius 2 is 2.17 bits per heavy atom. The van der Waals surface area contributed by atoms with E-state index in [0.717, 1.165) is 25.1 Å². The van der Waals surface area contributed by atoms with Gasteiger partial charge in [-0.1, -0.05) is 25.9 Å². The largest absolute Gasteiger partial charge is 0.361 e. The van der Waals surface area contributed by atoms with Crippen LogP contribution in [0.4, 0.5) is 0 Å². The minimum atomic E-state index is -0.0505. The van der Waals surface area contributed by atoms with Gasteiger partial charge in [0.15, 0.2) is 0 Å². The van der Waals surface area contributed by atoms with Gasteiger partial charge >= 0.3 is 0 Å². The van der Waals surface area contributed by atoms with Gasteiger partial charge in [-0.25, -0.2) is 0 Å². The van der Waals surface area contributed by atoms with E-state index in [2.05, 4.69) is 31.2 Å². The van der Waals surface area contributed by atoms with E-state index in [0.29, 0.717) is 12.3 Å². The first-order valence-electron chi connectivity index (χ1n) is 6.64. The first kappa shape index (κ1) is 11.8. The third-order valence-electron chi connectivity index (χ3n) is 4.86. The normalized spacial score (nSPS) is 34.2. The molecule has 1 aromatic rings. The van der Waals surface area contributed by atoms with E-state index in [-0.39, 0.29) is 16.7 Å². The monoisotopic (exact) mass is 248 g/mol. The van der Waals surface area contributed by atoms with Crippen LogP contribution in [0.5, 0.6) is 0 Å². The summed E-state index contributed by atoms with van der Waals surface area (Å²) in [6.07, 6.45) is 4.33. The smallest absolute Gasteiger partial charge is 0.220 e. The van der Waals surface area contributed by atoms with Crippen LogP contribution in [-0.4, -0.2) is 17.6 Å². The highest BCUT2D eigenvalue weighted by Gasteiger charge is 2.52. The van der Waals surface area contributed by atoms with E-state index >= 15 is 0 Å². The van der Waals surface area contributed by atoms with E-state index < -0.39 is 0 Å². The van der Waals surface area contributed by atoms with E-state index in [9.17, 15) is 4.79 Å². The van der Waals surface area contributed by atoms with Gasteiger partial charge in [0, 0.05) is 23.9 Å². The number of fused-ring (bicyclic) bond motifs is 2. The molecule has 0 bridgehead atoms. The molecular formula is C14H20N2O2. The second-order valence-electron chi connectivity index (χ2n) is 6.60. The van der Waals surface area contributed by atoms with Crippen molar-refractivity contribution in [3.8, 4) is 0 Å². The number of hydrogen-bond acceptors (Lipinski definition) is 3. The van der Waals surface area contributed by atoms with Gasteiger partial charge < -0.3 is 9.84 Å². The molecule has 0 spiro atoms. The average Bonchev–Trinajstić information content (AvgIpc) is 2.64. The zero-order valence-corrected chi connectivity index (χ0v) is 11.2. The first-order valence-corrected chi connectivity index (χ1v) is 6.64. The summed E-state index contributed by atoms with van der Waals surface area (Å²) in [4.78, 5) is 11.9. The minimum Gasteiger partial charge on any atom is -0.361 e. The summed E-state index contributed by atoms with van der Waals surface area (Å²) in [5.74, 6) is 1.64. The lowest BCUT2D eigenvalue weighted by Crippen LogP contribution is -2.46. The molecule has 4 nitrogen and oxygen atoms in total. The highest BCUT2D eigenvalue weighted by atomic mass is 16.5. The van der Waals surface area contributed by atoms with Gasteiger partial charge in [-0.2, -0.15) is 0 Å². The summed E-state index contributed by atoms with van der Waals surface area (Å²) in [7, 11) is 0. The van der Waals surface area contributed by atoms with Gasteiger partial charge in [0.05, 0.1) is 6.20 Å². The molecule has 0 saturated carbocycles. The summed E-state index contributed by atoms with van der Waals surface area (Å²) in [6, 6.07) is 0. The van der Waals surface area contributed by atoms with Crippen molar-refractivity contribution in [3.05, 3.63) is 17.5 Å². The van der Waals surface area contributed by atoms with Crippen LogP contribution >= 0.6 is 0 Å². The van der Waals surface area contributed by atoms with Crippen molar-refractivity contribution in [2.24, 2.45) is 11.3 Å². The lowest BCUT2D eigenvalue weighted by molar-refractivity contribution is -0.123. The molecule has 0 aromatic carbocycles. The fraction of sp³-hybridized carbons (Fsp3) is 0.714. The Labute approximate surface area is 107 Å². The fourth-order valence-corrected chi connectivity index (χ4v) is 4.19. The number of amides is 1. The lowest BCUT2D eigenvalue weighted by Gasteiger charge is -2.48. The van der Waals surface area contributed by atoms with E-state index in [4.69, 9.17) is 4.52 Å². The standard InChI is InChI=1S/C14H20N2O2/c1-13(2)10-4-5-15-11(17)7-14(10,3)6-9-8-16-18-12(9)13/h8,10H,4-7H2,1-3H3,(H,15,17). The summed E-state index contributed by atoms with van der Waals surface area (Å²) in [6.45, 7) is 7.44. The predicted molar refractivity (Wildman–Crippen MR) is 67.1 cm³/mol. The molecule has 0 radical (unpaired) electrons. The van der Waals surface area contributed by atoms with Crippen molar-refractivity contribution in [2.75, 3.05) is 6.54 Å². The van der Waals surface area contributed by atoms with Crippen LogP contribution in [0, 0.1) is 11.3 Å². The van der Waals surface area contributed by atoms with Crippen molar-refractivity contribution in [3.63, 3.8) is 0 Å². The summed E-state index contributed by atoms with van der Waals surface area (Å²) >= 11 is 0. The minimum absolute atomic E-state index is 0.0165. The van der Waals surface area contributed by atoms with Crippen molar-refractivity contribution in [1.29, 1.82) is 0 Å². The molecule has 2 aliphatic rings. The second kappa shape index (κ2) is 3.59. The molecule has 1 aliphatic carbocycles. The molecule has 2 atom stereocenters. The topological polar surface area (TPSA) is 55.1 Å². The van der Waals surface area contributed by atoms with Crippen LogP contribution in [-0.2, 0) is 16.6 Å². The molecule has 3 rings (SSSR count). The lowest BCUT2D eigenvalue weighted by atomic mass is 9.55. The summed E-state index contributed by atoms with van der Waals surface area (Å²) in [5.41, 5.74) is 1.14. The Hall–Kier alpha value is -1.32. The highest BCUT2D eigenvalue weighted by molar-refractivity contribution is 5.77. The molecule has 4 heteroatoms. The fourth-order valence-electron chi connectivity index (χ4n) is 4.19. The van der Waals surface area contributed by atoms with Gasteiger partial charge in [0.25, 0.3) is 0 Å². The van der Waals surface area contributed by atoms with Crippen LogP contribution in [0.25, 0.3) is 0 Å². The summed E-state index contributed by atoms with van der Waals surface area (Å²) < 4.78 is 5.48. The Balaban J connectivity index is 2.10. The Morgan fingerprint density at radius 1 is 1.39 bits per heavy atom. The Bertz CT molecular complexity index is 492. The molecule has 1 saturated heterocycles. The maximum atomic E-state index is 11.9. The van der Waals surface area contributed by atoms with Crippen LogP contribution in [0.1, 0.15) is 44.9 Å². The molecule has 98 valence electrons. The SMILES string of the molecule is CC12CC(=O)NCCC1C(C)(C)c1oncc1C2. The molecule has 2 heterocycles. The molecule has 1 aliphatic heterocycles. The third kappa shape index (κ3) is 1.51. The van der Waals surface area contributed by atoms with Gasteiger partial charge in [0.1, 0.15) is 5.76 Å². The quantitative estimate of drug-likeness (QED) is 0.764. The predicted octanol–water partition coefficient (Wildman–Crippen LogP) is 2.04. The number of nitrogens with zero attached hydrogens (tertiary/aromatic N) is 1. The molecule has 1 fully saturated rings. The zero-order chi connectivity index (χ0) is 13.0. The Kier molecular flexibility index (Phi) is 2.34. The number of hydrogen-bond donors (Lipinski definition) is 1. The number of aromatic nitrogens is 1.